The van der Waals surface area contributed by atoms with Crippen LogP contribution in [0, 0.1) is 3.57 Å². The van der Waals surface area contributed by atoms with Gasteiger partial charge in [-0.1, -0.05) is 6.07 Å². The first-order chi connectivity index (χ1) is 7.11. The van der Waals surface area contributed by atoms with Crippen molar-refractivity contribution in [3.63, 3.8) is 0 Å². The van der Waals surface area contributed by atoms with Crippen LogP contribution in [0.3, 0.4) is 0 Å². The van der Waals surface area contributed by atoms with E-state index in [1.807, 2.05) is 24.3 Å². The van der Waals surface area contributed by atoms with E-state index in [1.165, 1.54) is 0 Å². The number of carbonyl (C=O) groups is 1. The first-order valence-corrected chi connectivity index (χ1v) is 5.63. The van der Waals surface area contributed by atoms with Gasteiger partial charge in [-0.3, -0.25) is 0 Å². The summed E-state index contributed by atoms with van der Waals surface area (Å²) >= 11 is 2.17. The molecule has 0 aliphatic rings. The molecule has 0 spiro atoms. The zero-order valence-corrected chi connectivity index (χ0v) is 10.5. The number of amides is 2. The van der Waals surface area contributed by atoms with Crippen LogP contribution in [0.4, 0.5) is 10.5 Å². The van der Waals surface area contributed by atoms with Gasteiger partial charge in [0.25, 0.3) is 0 Å². The second kappa shape index (κ2) is 5.92. The second-order valence-electron chi connectivity index (χ2n) is 3.19. The van der Waals surface area contributed by atoms with Gasteiger partial charge >= 0.3 is 6.03 Å². The predicted molar refractivity (Wildman–Crippen MR) is 67.9 cm³/mol. The Labute approximate surface area is 102 Å². The van der Waals surface area contributed by atoms with E-state index in [0.717, 1.165) is 9.26 Å². The van der Waals surface area contributed by atoms with E-state index in [2.05, 4.69) is 33.2 Å². The first kappa shape index (κ1) is 12.3. The number of urea groups is 1. The summed E-state index contributed by atoms with van der Waals surface area (Å²) in [6.45, 7) is 1.66. The van der Waals surface area contributed by atoms with Crippen molar-refractivity contribution in [3.05, 3.63) is 27.8 Å². The van der Waals surface area contributed by atoms with Crippen LogP contribution in [0.2, 0.25) is 0 Å². The lowest BCUT2D eigenvalue weighted by atomic mass is 10.3. The number of aliphatic hydroxyl groups is 1. The Bertz CT molecular complexity index is 344. The minimum absolute atomic E-state index is 0.0697. The Balaban J connectivity index is 2.51. The van der Waals surface area contributed by atoms with Crippen LogP contribution in [0.1, 0.15) is 6.92 Å². The van der Waals surface area contributed by atoms with E-state index in [0.29, 0.717) is 0 Å². The van der Waals surface area contributed by atoms with Gasteiger partial charge in [-0.15, -0.1) is 0 Å². The zero-order valence-electron chi connectivity index (χ0n) is 8.33. The van der Waals surface area contributed by atoms with Gasteiger partial charge in [0.2, 0.25) is 0 Å². The highest BCUT2D eigenvalue weighted by molar-refractivity contribution is 14.1. The molecule has 0 fully saturated rings. The molecule has 3 N–H and O–H groups in total. The summed E-state index contributed by atoms with van der Waals surface area (Å²) in [5.74, 6) is 0. The summed E-state index contributed by atoms with van der Waals surface area (Å²) in [6, 6.07) is 6.94. The van der Waals surface area contributed by atoms with Crippen molar-refractivity contribution in [1.29, 1.82) is 0 Å². The predicted octanol–water partition coefficient (Wildman–Crippen LogP) is 1.79. The highest BCUT2D eigenvalue weighted by Gasteiger charge is 2.05. The molecular weight excluding hydrogens is 307 g/mol. The summed E-state index contributed by atoms with van der Waals surface area (Å²) in [5, 5.41) is 14.0. The fraction of sp³-hybridized carbons (Fsp3) is 0.300. The molecule has 4 nitrogen and oxygen atoms in total. The van der Waals surface area contributed by atoms with Crippen LogP contribution in [0.15, 0.2) is 24.3 Å². The molecule has 2 amide bonds. The van der Waals surface area contributed by atoms with Gasteiger partial charge in [-0.25, -0.2) is 4.79 Å². The van der Waals surface area contributed by atoms with Crippen molar-refractivity contribution in [3.8, 4) is 0 Å². The van der Waals surface area contributed by atoms with Crippen molar-refractivity contribution in [1.82, 2.24) is 5.32 Å². The second-order valence-corrected chi connectivity index (χ2v) is 4.44. The molecule has 0 saturated heterocycles. The minimum Gasteiger partial charge on any atom is -0.394 e. The van der Waals surface area contributed by atoms with Crippen LogP contribution in [-0.2, 0) is 0 Å². The van der Waals surface area contributed by atoms with Crippen LogP contribution < -0.4 is 10.6 Å². The molecule has 0 radical (unpaired) electrons. The quantitative estimate of drug-likeness (QED) is 0.744. The Morgan fingerprint density at radius 2 is 2.33 bits per heavy atom. The molecule has 0 aromatic heterocycles. The third-order valence-corrected chi connectivity index (χ3v) is 2.40. The number of nitrogens with one attached hydrogen (secondary N) is 2. The lowest BCUT2D eigenvalue weighted by Crippen LogP contribution is -2.38. The molecule has 0 aliphatic carbocycles. The smallest absolute Gasteiger partial charge is 0.319 e. The van der Waals surface area contributed by atoms with Crippen LogP contribution in [0.5, 0.6) is 0 Å². The van der Waals surface area contributed by atoms with Crippen molar-refractivity contribution in [2.75, 3.05) is 11.9 Å². The summed E-state index contributed by atoms with van der Waals surface area (Å²) in [5.41, 5.74) is 0.740. The van der Waals surface area contributed by atoms with Gasteiger partial charge < -0.3 is 15.7 Å². The summed E-state index contributed by atoms with van der Waals surface area (Å²) < 4.78 is 1.06. The molecule has 1 aromatic carbocycles. The van der Waals surface area contributed by atoms with Crippen LogP contribution in [-0.4, -0.2) is 23.8 Å². The number of aliphatic hydroxyl groups excluding tert-OH is 1. The molecule has 15 heavy (non-hydrogen) atoms. The third-order valence-electron chi connectivity index (χ3n) is 1.73. The van der Waals surface area contributed by atoms with Crippen LogP contribution in [0.25, 0.3) is 0 Å². The molecule has 0 unspecified atom stereocenters. The van der Waals surface area contributed by atoms with E-state index in [-0.39, 0.29) is 18.7 Å². The Hall–Kier alpha value is -0.820. The average molecular weight is 320 g/mol. The summed E-state index contributed by atoms with van der Waals surface area (Å²) in [7, 11) is 0. The maximum atomic E-state index is 11.4. The number of hydrogen-bond acceptors (Lipinski definition) is 2. The lowest BCUT2D eigenvalue weighted by Gasteiger charge is -2.11. The first-order valence-electron chi connectivity index (χ1n) is 4.55. The van der Waals surface area contributed by atoms with Gasteiger partial charge in [0.15, 0.2) is 0 Å². The highest BCUT2D eigenvalue weighted by Crippen LogP contribution is 2.11. The minimum atomic E-state index is -0.307. The summed E-state index contributed by atoms with van der Waals surface area (Å²) in [4.78, 5) is 11.4. The Kier molecular flexibility index (Phi) is 4.83. The standard InChI is InChI=1S/C10H13IN2O2/c1-7(6-14)12-10(15)13-9-4-2-3-8(11)5-9/h2-5,7,14H,6H2,1H3,(H2,12,13,15)/t7-/m1/s1. The molecule has 5 heteroatoms. The maximum absolute atomic E-state index is 11.4. The highest BCUT2D eigenvalue weighted by atomic mass is 127. The van der Waals surface area contributed by atoms with Crippen molar-refractivity contribution < 1.29 is 9.90 Å². The maximum Gasteiger partial charge on any atom is 0.319 e. The van der Waals surface area contributed by atoms with E-state index in [1.54, 1.807) is 6.92 Å². The van der Waals surface area contributed by atoms with E-state index in [4.69, 9.17) is 5.11 Å². The van der Waals surface area contributed by atoms with E-state index in [9.17, 15) is 4.79 Å². The van der Waals surface area contributed by atoms with Crippen molar-refractivity contribution in [2.24, 2.45) is 0 Å². The molecule has 1 aromatic rings. The van der Waals surface area contributed by atoms with Gasteiger partial charge in [-0.2, -0.15) is 0 Å². The number of anilines is 1. The SMILES string of the molecule is C[C@H](CO)NC(=O)Nc1cccc(I)c1. The number of rotatable bonds is 3. The fourth-order valence-electron chi connectivity index (χ4n) is 1.00. The van der Waals surface area contributed by atoms with Crippen molar-refractivity contribution >= 4 is 34.3 Å². The Morgan fingerprint density at radius 3 is 2.93 bits per heavy atom. The molecule has 0 heterocycles. The molecule has 0 aliphatic heterocycles. The zero-order chi connectivity index (χ0) is 11.3. The summed E-state index contributed by atoms with van der Waals surface area (Å²) in [6.07, 6.45) is 0. The van der Waals surface area contributed by atoms with Crippen molar-refractivity contribution in [2.45, 2.75) is 13.0 Å². The number of halogens is 1. The molecule has 0 saturated carbocycles. The van der Waals surface area contributed by atoms with E-state index < -0.39 is 0 Å². The van der Waals surface area contributed by atoms with E-state index >= 15 is 0 Å². The molecule has 1 rings (SSSR count). The molecular formula is C10H13IN2O2. The largest absolute Gasteiger partial charge is 0.394 e. The topological polar surface area (TPSA) is 61.4 Å². The lowest BCUT2D eigenvalue weighted by molar-refractivity contribution is 0.229. The third kappa shape index (κ3) is 4.48. The number of hydrogen-bond donors (Lipinski definition) is 3. The van der Waals surface area contributed by atoms with Gasteiger partial charge in [0.05, 0.1) is 12.6 Å². The molecule has 1 atom stereocenters. The number of benzene rings is 1. The molecule has 0 bridgehead atoms. The van der Waals surface area contributed by atoms with Gasteiger partial charge in [-0.05, 0) is 47.7 Å². The normalized spacial score (nSPS) is 11.9. The van der Waals surface area contributed by atoms with Gasteiger partial charge in [0, 0.05) is 9.26 Å². The monoisotopic (exact) mass is 320 g/mol. The number of carbonyl (C=O) groups excluding carboxylic acids is 1. The Morgan fingerprint density at radius 1 is 1.60 bits per heavy atom. The fourth-order valence-corrected chi connectivity index (χ4v) is 1.55. The van der Waals surface area contributed by atoms with Gasteiger partial charge in [0.1, 0.15) is 0 Å². The van der Waals surface area contributed by atoms with Crippen LogP contribution >= 0.6 is 22.6 Å². The average Bonchev–Trinajstić information content (AvgIpc) is 2.17. The molecule has 82 valence electrons.